The van der Waals surface area contributed by atoms with Gasteiger partial charge in [-0.2, -0.15) is 0 Å². The second-order valence-electron chi connectivity index (χ2n) is 5.34. The maximum absolute atomic E-state index is 12.9. The number of benzene rings is 2. The van der Waals surface area contributed by atoms with Gasteiger partial charge in [0.15, 0.2) is 11.4 Å². The smallest absolute Gasteiger partial charge is 0.203 e. The predicted molar refractivity (Wildman–Crippen MR) is 92.2 cm³/mol. The maximum atomic E-state index is 12.9. The number of para-hydroxylation sites is 1. The SMILES string of the molecule is C[N+]1(c2ccccc2-c2cc(Cl)cc(Cl)c2)C=CC(C(F)F)=N1. The number of halogens is 4. The molecule has 0 aliphatic carbocycles. The standard InChI is InChI=1S/C17H13Cl2F2N2/c1-23(7-6-15(22-23)17(20)21)16-5-3-2-4-14(16)11-8-12(18)10-13(19)9-11/h2-10,17H,1H3/q+1. The molecule has 0 saturated carbocycles. The van der Waals surface area contributed by atoms with Crippen LogP contribution in [0, 0.1) is 0 Å². The highest BCUT2D eigenvalue weighted by Crippen LogP contribution is 2.38. The lowest BCUT2D eigenvalue weighted by Crippen LogP contribution is -2.31. The fourth-order valence-corrected chi connectivity index (χ4v) is 3.13. The minimum Gasteiger partial charge on any atom is -0.203 e. The predicted octanol–water partition coefficient (Wildman–Crippen LogP) is 5.75. The van der Waals surface area contributed by atoms with Crippen LogP contribution in [0.3, 0.4) is 0 Å². The second-order valence-corrected chi connectivity index (χ2v) is 6.22. The molecule has 0 radical (unpaired) electrons. The Labute approximate surface area is 142 Å². The van der Waals surface area contributed by atoms with Gasteiger partial charge in [-0.05, 0) is 29.8 Å². The fraction of sp³-hybridized carbons (Fsp3) is 0.118. The van der Waals surface area contributed by atoms with Crippen LogP contribution in [-0.2, 0) is 0 Å². The van der Waals surface area contributed by atoms with E-state index in [0.717, 1.165) is 16.8 Å². The van der Waals surface area contributed by atoms with Gasteiger partial charge in [-0.1, -0.05) is 40.4 Å². The summed E-state index contributed by atoms with van der Waals surface area (Å²) in [7, 11) is 1.75. The van der Waals surface area contributed by atoms with E-state index in [0.29, 0.717) is 10.0 Å². The van der Waals surface area contributed by atoms with Crippen molar-refractivity contribution in [2.45, 2.75) is 6.43 Å². The zero-order valence-corrected chi connectivity index (χ0v) is 13.7. The van der Waals surface area contributed by atoms with Crippen LogP contribution in [0.1, 0.15) is 0 Å². The molecule has 0 saturated heterocycles. The van der Waals surface area contributed by atoms with Crippen molar-refractivity contribution in [3.8, 4) is 11.1 Å². The van der Waals surface area contributed by atoms with Crippen LogP contribution < -0.4 is 4.59 Å². The van der Waals surface area contributed by atoms with Crippen molar-refractivity contribution >= 4 is 34.6 Å². The van der Waals surface area contributed by atoms with Crippen molar-refractivity contribution in [1.82, 2.24) is 4.59 Å². The number of alkyl halides is 2. The Bertz CT molecular complexity index is 798. The molecule has 1 atom stereocenters. The van der Waals surface area contributed by atoms with Gasteiger partial charge < -0.3 is 0 Å². The molecule has 1 unspecified atom stereocenters. The summed E-state index contributed by atoms with van der Waals surface area (Å²) in [6.07, 6.45) is 0.387. The Kier molecular flexibility index (Phi) is 4.23. The highest BCUT2D eigenvalue weighted by atomic mass is 35.5. The van der Waals surface area contributed by atoms with Crippen LogP contribution >= 0.6 is 23.2 Å². The van der Waals surface area contributed by atoms with Crippen LogP contribution in [0.4, 0.5) is 14.5 Å². The van der Waals surface area contributed by atoms with Crippen LogP contribution in [0.15, 0.2) is 59.8 Å². The Hall–Kier alpha value is -1.75. The lowest BCUT2D eigenvalue weighted by atomic mass is 10.0. The normalized spacial score (nSPS) is 20.2. The molecule has 0 fully saturated rings. The van der Waals surface area contributed by atoms with Gasteiger partial charge in [-0.25, -0.2) is 8.78 Å². The summed E-state index contributed by atoms with van der Waals surface area (Å²) in [4.78, 5) is 0. The number of hydrogen-bond acceptors (Lipinski definition) is 1. The first-order valence-corrected chi connectivity index (χ1v) is 7.64. The van der Waals surface area contributed by atoms with Gasteiger partial charge in [-0.15, -0.1) is 4.59 Å². The Morgan fingerprint density at radius 3 is 2.30 bits per heavy atom. The molecule has 0 spiro atoms. The number of rotatable bonds is 3. The third kappa shape index (κ3) is 3.15. The summed E-state index contributed by atoms with van der Waals surface area (Å²) < 4.78 is 25.7. The monoisotopic (exact) mass is 353 g/mol. The third-order valence-electron chi connectivity index (χ3n) is 3.65. The molecule has 2 aromatic rings. The minimum atomic E-state index is -2.60. The molecule has 0 bridgehead atoms. The van der Waals surface area contributed by atoms with E-state index < -0.39 is 6.43 Å². The average molecular weight is 354 g/mol. The zero-order valence-electron chi connectivity index (χ0n) is 12.2. The highest BCUT2D eigenvalue weighted by Gasteiger charge is 2.33. The molecule has 1 heterocycles. The van der Waals surface area contributed by atoms with Crippen molar-refractivity contribution in [2.24, 2.45) is 5.10 Å². The summed E-state index contributed by atoms with van der Waals surface area (Å²) in [5, 5.41) is 5.17. The molecule has 3 rings (SSSR count). The summed E-state index contributed by atoms with van der Waals surface area (Å²) in [5.41, 5.74) is 2.18. The number of allylic oxidation sites excluding steroid dienone is 1. The van der Waals surface area contributed by atoms with Crippen LogP contribution in [0.5, 0.6) is 0 Å². The molecule has 1 aliphatic heterocycles. The molecule has 0 N–H and O–H groups in total. The van der Waals surface area contributed by atoms with Gasteiger partial charge in [0.1, 0.15) is 13.2 Å². The third-order valence-corrected chi connectivity index (χ3v) is 4.08. The van der Waals surface area contributed by atoms with Gasteiger partial charge in [-0.3, -0.25) is 0 Å². The lowest BCUT2D eigenvalue weighted by Gasteiger charge is -2.23. The summed E-state index contributed by atoms with van der Waals surface area (Å²) in [6, 6.07) is 12.7. The second kappa shape index (κ2) is 6.04. The molecule has 118 valence electrons. The Morgan fingerprint density at radius 1 is 1.04 bits per heavy atom. The van der Waals surface area contributed by atoms with Crippen molar-refractivity contribution in [3.05, 3.63) is 64.8 Å². The van der Waals surface area contributed by atoms with Gasteiger partial charge in [0.05, 0.1) is 0 Å². The van der Waals surface area contributed by atoms with Crippen LogP contribution in [-0.4, -0.2) is 19.2 Å². The number of hydrogen-bond donors (Lipinski definition) is 0. The van der Waals surface area contributed by atoms with E-state index in [2.05, 4.69) is 5.10 Å². The Balaban J connectivity index is 2.15. The van der Waals surface area contributed by atoms with Crippen LogP contribution in [0.25, 0.3) is 11.1 Å². The molecule has 6 heteroatoms. The van der Waals surface area contributed by atoms with E-state index in [1.165, 1.54) is 6.08 Å². The molecule has 1 aliphatic rings. The largest absolute Gasteiger partial charge is 0.285 e. The molecule has 0 amide bonds. The van der Waals surface area contributed by atoms with E-state index in [-0.39, 0.29) is 10.3 Å². The fourth-order valence-electron chi connectivity index (χ4n) is 2.60. The van der Waals surface area contributed by atoms with Gasteiger partial charge in [0.2, 0.25) is 0 Å². The number of nitrogens with zero attached hydrogens (tertiary/aromatic N) is 2. The quantitative estimate of drug-likeness (QED) is 0.623. The van der Waals surface area contributed by atoms with E-state index in [1.54, 1.807) is 31.4 Å². The topological polar surface area (TPSA) is 12.4 Å². The molecule has 23 heavy (non-hydrogen) atoms. The first-order valence-electron chi connectivity index (χ1n) is 6.89. The summed E-state index contributed by atoms with van der Waals surface area (Å²) in [5.74, 6) is 0. The van der Waals surface area contributed by atoms with Gasteiger partial charge in [0.25, 0.3) is 6.43 Å². The molecular weight excluding hydrogens is 341 g/mol. The summed E-state index contributed by atoms with van der Waals surface area (Å²) >= 11 is 12.2. The molecular formula is C17H13Cl2F2N2+. The number of quaternary nitrogens is 1. The van der Waals surface area contributed by atoms with Crippen molar-refractivity contribution in [3.63, 3.8) is 0 Å². The van der Waals surface area contributed by atoms with Crippen LogP contribution in [0.2, 0.25) is 10.0 Å². The van der Waals surface area contributed by atoms with Gasteiger partial charge in [0, 0.05) is 27.8 Å². The lowest BCUT2D eigenvalue weighted by molar-refractivity contribution is 0.225. The van der Waals surface area contributed by atoms with Gasteiger partial charge >= 0.3 is 0 Å². The van der Waals surface area contributed by atoms with E-state index in [9.17, 15) is 8.78 Å². The van der Waals surface area contributed by atoms with E-state index in [1.807, 2.05) is 24.3 Å². The first-order chi connectivity index (χ1) is 10.9. The molecule has 2 aromatic carbocycles. The highest BCUT2D eigenvalue weighted by molar-refractivity contribution is 6.35. The van der Waals surface area contributed by atoms with Crippen molar-refractivity contribution in [2.75, 3.05) is 7.05 Å². The zero-order chi connectivity index (χ0) is 16.6. The van der Waals surface area contributed by atoms with E-state index >= 15 is 0 Å². The maximum Gasteiger partial charge on any atom is 0.285 e. The first kappa shape index (κ1) is 16.1. The van der Waals surface area contributed by atoms with Crippen molar-refractivity contribution < 1.29 is 8.78 Å². The van der Waals surface area contributed by atoms with E-state index in [4.69, 9.17) is 23.2 Å². The average Bonchev–Trinajstić information content (AvgIpc) is 2.90. The molecule has 0 aromatic heterocycles. The van der Waals surface area contributed by atoms with Crippen molar-refractivity contribution in [1.29, 1.82) is 0 Å². The summed E-state index contributed by atoms with van der Waals surface area (Å²) in [6.45, 7) is 0. The minimum absolute atomic E-state index is 0.0834. The Morgan fingerprint density at radius 2 is 1.70 bits per heavy atom. The molecule has 2 nitrogen and oxygen atoms in total.